The minimum Gasteiger partial charge on any atom is -0.380 e. The molecule has 0 bridgehead atoms. The first kappa shape index (κ1) is 11.0. The van der Waals surface area contributed by atoms with Crippen molar-refractivity contribution < 1.29 is 4.74 Å². The molecule has 0 spiro atoms. The lowest BCUT2D eigenvalue weighted by atomic mass is 9.81. The smallest absolute Gasteiger partial charge is 0.0620 e. The number of nitrogens with one attached hydrogen (secondary N) is 1. The lowest BCUT2D eigenvalue weighted by Gasteiger charge is -2.30. The van der Waals surface area contributed by atoms with Gasteiger partial charge in [0.05, 0.1) is 6.61 Å². The Hall–Kier alpha value is -0.0800. The molecule has 0 radical (unpaired) electrons. The topological polar surface area (TPSA) is 21.3 Å². The first-order valence-corrected chi connectivity index (χ1v) is 5.33. The number of ether oxygens (including phenoxy) is 1. The van der Waals surface area contributed by atoms with E-state index in [1.165, 1.54) is 6.42 Å². The molecule has 1 saturated heterocycles. The van der Waals surface area contributed by atoms with Crippen molar-refractivity contribution in [1.29, 1.82) is 0 Å². The highest BCUT2D eigenvalue weighted by Gasteiger charge is 2.24. The van der Waals surface area contributed by atoms with Crippen molar-refractivity contribution in [2.75, 3.05) is 19.8 Å². The molecule has 1 rings (SSSR count). The summed E-state index contributed by atoms with van der Waals surface area (Å²) in [4.78, 5) is 0. The summed E-state index contributed by atoms with van der Waals surface area (Å²) in [5.74, 6) is 0.724. The second-order valence-corrected chi connectivity index (χ2v) is 5.08. The van der Waals surface area contributed by atoms with Gasteiger partial charge in [-0.1, -0.05) is 27.7 Å². The molecule has 1 aliphatic rings. The molecule has 1 aliphatic heterocycles. The molecule has 1 heterocycles. The van der Waals surface area contributed by atoms with Gasteiger partial charge in [-0.05, 0) is 17.8 Å². The molecule has 78 valence electrons. The normalized spacial score (nSPS) is 24.2. The lowest BCUT2D eigenvalue weighted by molar-refractivity contribution is 0.181. The van der Waals surface area contributed by atoms with E-state index >= 15 is 0 Å². The molecule has 1 unspecified atom stereocenters. The molecular formula is C11H23NO. The fourth-order valence-electron chi connectivity index (χ4n) is 1.31. The number of hydrogen-bond donors (Lipinski definition) is 1. The third-order valence-electron chi connectivity index (χ3n) is 3.34. The van der Waals surface area contributed by atoms with Crippen molar-refractivity contribution in [3.8, 4) is 0 Å². The van der Waals surface area contributed by atoms with E-state index in [1.54, 1.807) is 0 Å². The van der Waals surface area contributed by atoms with Gasteiger partial charge in [0.25, 0.3) is 0 Å². The van der Waals surface area contributed by atoms with Gasteiger partial charge >= 0.3 is 0 Å². The van der Waals surface area contributed by atoms with Crippen LogP contribution in [-0.4, -0.2) is 25.8 Å². The predicted molar refractivity (Wildman–Crippen MR) is 55.8 cm³/mol. The van der Waals surface area contributed by atoms with Gasteiger partial charge in [-0.3, -0.25) is 0 Å². The Morgan fingerprint density at radius 3 is 2.62 bits per heavy atom. The van der Waals surface area contributed by atoms with E-state index in [-0.39, 0.29) is 0 Å². The standard InChI is InChI=1S/C11H23NO/c1-9(2)11(3,4)8-12-10-5-6-13-7-10/h9-10,12H,5-8H2,1-4H3. The van der Waals surface area contributed by atoms with Gasteiger partial charge in [0.2, 0.25) is 0 Å². The van der Waals surface area contributed by atoms with Crippen molar-refractivity contribution >= 4 is 0 Å². The number of hydrogen-bond acceptors (Lipinski definition) is 2. The van der Waals surface area contributed by atoms with E-state index in [4.69, 9.17) is 4.74 Å². The van der Waals surface area contributed by atoms with Crippen molar-refractivity contribution in [3.63, 3.8) is 0 Å². The van der Waals surface area contributed by atoms with Crippen LogP contribution in [0.15, 0.2) is 0 Å². The molecular weight excluding hydrogens is 162 g/mol. The van der Waals surface area contributed by atoms with Crippen LogP contribution in [0.3, 0.4) is 0 Å². The van der Waals surface area contributed by atoms with E-state index in [0.29, 0.717) is 11.5 Å². The summed E-state index contributed by atoms with van der Waals surface area (Å²) in [6.45, 7) is 12.1. The van der Waals surface area contributed by atoms with Crippen LogP contribution >= 0.6 is 0 Å². The van der Waals surface area contributed by atoms with Crippen LogP contribution in [0, 0.1) is 11.3 Å². The van der Waals surface area contributed by atoms with E-state index < -0.39 is 0 Å². The van der Waals surface area contributed by atoms with Crippen molar-refractivity contribution in [2.24, 2.45) is 11.3 Å². The first-order valence-electron chi connectivity index (χ1n) is 5.33. The first-order chi connectivity index (χ1) is 6.02. The summed E-state index contributed by atoms with van der Waals surface area (Å²) in [7, 11) is 0. The molecule has 1 fully saturated rings. The van der Waals surface area contributed by atoms with Gasteiger partial charge in [-0.25, -0.2) is 0 Å². The Balaban J connectivity index is 2.24. The highest BCUT2D eigenvalue weighted by atomic mass is 16.5. The molecule has 0 aromatic carbocycles. The highest BCUT2D eigenvalue weighted by Crippen LogP contribution is 2.25. The summed E-state index contributed by atoms with van der Waals surface area (Å²) in [5, 5.41) is 3.58. The predicted octanol–water partition coefficient (Wildman–Crippen LogP) is 2.05. The Morgan fingerprint density at radius 1 is 1.46 bits per heavy atom. The zero-order chi connectivity index (χ0) is 9.90. The molecule has 1 atom stereocenters. The Kier molecular flexibility index (Phi) is 3.74. The average Bonchev–Trinajstić information content (AvgIpc) is 2.52. The zero-order valence-electron chi connectivity index (χ0n) is 9.39. The molecule has 0 aromatic rings. The second kappa shape index (κ2) is 4.43. The van der Waals surface area contributed by atoms with Gasteiger partial charge in [-0.2, -0.15) is 0 Å². The van der Waals surface area contributed by atoms with Crippen LogP contribution in [0.4, 0.5) is 0 Å². The van der Waals surface area contributed by atoms with Crippen molar-refractivity contribution in [1.82, 2.24) is 5.32 Å². The molecule has 13 heavy (non-hydrogen) atoms. The molecule has 2 heteroatoms. The van der Waals surface area contributed by atoms with E-state index in [2.05, 4.69) is 33.0 Å². The molecule has 0 saturated carbocycles. The average molecular weight is 185 g/mol. The fourth-order valence-corrected chi connectivity index (χ4v) is 1.31. The minimum atomic E-state index is 0.391. The third-order valence-corrected chi connectivity index (χ3v) is 3.34. The third kappa shape index (κ3) is 3.28. The van der Waals surface area contributed by atoms with Gasteiger partial charge in [0.15, 0.2) is 0 Å². The minimum absolute atomic E-state index is 0.391. The maximum atomic E-state index is 5.32. The van der Waals surface area contributed by atoms with E-state index in [9.17, 15) is 0 Å². The fraction of sp³-hybridized carbons (Fsp3) is 1.00. The molecule has 0 amide bonds. The van der Waals surface area contributed by atoms with Crippen LogP contribution in [-0.2, 0) is 4.74 Å². The maximum absolute atomic E-state index is 5.32. The summed E-state index contributed by atoms with van der Waals surface area (Å²) < 4.78 is 5.32. The Morgan fingerprint density at radius 2 is 2.15 bits per heavy atom. The molecule has 0 aromatic heterocycles. The maximum Gasteiger partial charge on any atom is 0.0620 e. The summed E-state index contributed by atoms with van der Waals surface area (Å²) in [6.07, 6.45) is 1.17. The SMILES string of the molecule is CC(C)C(C)(C)CNC1CCOC1. The second-order valence-electron chi connectivity index (χ2n) is 5.08. The van der Waals surface area contributed by atoms with E-state index in [1.807, 2.05) is 0 Å². The highest BCUT2D eigenvalue weighted by molar-refractivity contribution is 4.79. The van der Waals surface area contributed by atoms with Crippen LogP contribution in [0.5, 0.6) is 0 Å². The molecule has 2 nitrogen and oxygen atoms in total. The summed E-state index contributed by atoms with van der Waals surface area (Å²) in [6, 6.07) is 0.595. The largest absolute Gasteiger partial charge is 0.380 e. The van der Waals surface area contributed by atoms with E-state index in [0.717, 1.165) is 25.7 Å². The number of rotatable bonds is 4. The lowest BCUT2D eigenvalue weighted by Crippen LogP contribution is -2.39. The van der Waals surface area contributed by atoms with Crippen LogP contribution < -0.4 is 5.32 Å². The quantitative estimate of drug-likeness (QED) is 0.723. The monoisotopic (exact) mass is 185 g/mol. The molecule has 1 N–H and O–H groups in total. The zero-order valence-corrected chi connectivity index (χ0v) is 9.39. The Bertz CT molecular complexity index is 148. The van der Waals surface area contributed by atoms with Crippen LogP contribution in [0.25, 0.3) is 0 Å². The van der Waals surface area contributed by atoms with Gasteiger partial charge < -0.3 is 10.1 Å². The van der Waals surface area contributed by atoms with Crippen LogP contribution in [0.2, 0.25) is 0 Å². The molecule has 0 aliphatic carbocycles. The Labute approximate surface area is 82.0 Å². The van der Waals surface area contributed by atoms with Gasteiger partial charge in [0.1, 0.15) is 0 Å². The summed E-state index contributed by atoms with van der Waals surface area (Å²) in [5.41, 5.74) is 0.391. The van der Waals surface area contributed by atoms with Crippen LogP contribution in [0.1, 0.15) is 34.1 Å². The summed E-state index contributed by atoms with van der Waals surface area (Å²) >= 11 is 0. The van der Waals surface area contributed by atoms with Gasteiger partial charge in [-0.15, -0.1) is 0 Å². The van der Waals surface area contributed by atoms with Crippen molar-refractivity contribution in [2.45, 2.75) is 40.2 Å². The van der Waals surface area contributed by atoms with Crippen molar-refractivity contribution in [3.05, 3.63) is 0 Å². The van der Waals surface area contributed by atoms with Gasteiger partial charge in [0, 0.05) is 19.2 Å².